The van der Waals surface area contributed by atoms with Crippen LogP contribution in [-0.4, -0.2) is 17.6 Å². The molecular weight excluding hydrogens is 282 g/mol. The molecule has 1 aromatic carbocycles. The molecule has 2 rings (SSSR count). The first-order valence-electron chi connectivity index (χ1n) is 7.09. The summed E-state index contributed by atoms with van der Waals surface area (Å²) in [5.41, 5.74) is 2.27. The van der Waals surface area contributed by atoms with Gasteiger partial charge in [-0.05, 0) is 45.0 Å². The van der Waals surface area contributed by atoms with Crippen molar-refractivity contribution in [1.82, 2.24) is 0 Å². The van der Waals surface area contributed by atoms with Gasteiger partial charge in [0.25, 0.3) is 0 Å². The molecule has 1 unspecified atom stereocenters. The summed E-state index contributed by atoms with van der Waals surface area (Å²) >= 11 is 1.77. The minimum atomic E-state index is -0.762. The number of carboxylic acids is 1. The summed E-state index contributed by atoms with van der Waals surface area (Å²) < 4.78 is 0. The summed E-state index contributed by atoms with van der Waals surface area (Å²) in [6, 6.07) is 12.7. The highest BCUT2D eigenvalue weighted by Gasteiger charge is 2.18. The molecule has 0 radical (unpaired) electrons. The van der Waals surface area contributed by atoms with Crippen molar-refractivity contribution >= 4 is 23.0 Å². The molecule has 1 atom stereocenters. The molecule has 1 heterocycles. The minimum Gasteiger partial charge on any atom is -0.481 e. The third-order valence-corrected chi connectivity index (χ3v) is 4.74. The zero-order valence-electron chi connectivity index (χ0n) is 12.7. The molecule has 0 saturated carbocycles. The molecule has 4 heteroatoms. The fourth-order valence-electron chi connectivity index (χ4n) is 2.33. The van der Waals surface area contributed by atoms with Gasteiger partial charge in [-0.15, -0.1) is 11.3 Å². The molecule has 0 saturated heterocycles. The van der Waals surface area contributed by atoms with Gasteiger partial charge in [-0.25, -0.2) is 0 Å². The second-order valence-electron chi connectivity index (χ2n) is 5.30. The lowest BCUT2D eigenvalue weighted by Gasteiger charge is -2.30. The molecule has 1 N–H and O–H groups in total. The predicted molar refractivity (Wildman–Crippen MR) is 88.2 cm³/mol. The smallest absolute Gasteiger partial charge is 0.305 e. The molecule has 0 aliphatic heterocycles. The zero-order chi connectivity index (χ0) is 15.4. The number of carboxylic acid groups (broad SMARTS) is 1. The normalized spacial score (nSPS) is 12.1. The Labute approximate surface area is 129 Å². The van der Waals surface area contributed by atoms with Crippen LogP contribution in [0.3, 0.4) is 0 Å². The van der Waals surface area contributed by atoms with Crippen LogP contribution in [0.4, 0.5) is 5.69 Å². The molecule has 112 valence electrons. The highest BCUT2D eigenvalue weighted by molar-refractivity contribution is 7.12. The Morgan fingerprint density at radius 3 is 2.38 bits per heavy atom. The Hall–Kier alpha value is -1.81. The van der Waals surface area contributed by atoms with Gasteiger partial charge in [-0.2, -0.15) is 0 Å². The van der Waals surface area contributed by atoms with E-state index in [-0.39, 0.29) is 12.5 Å². The average Bonchev–Trinajstić information content (AvgIpc) is 2.87. The summed E-state index contributed by atoms with van der Waals surface area (Å²) in [5, 5.41) is 8.99. The highest BCUT2D eigenvalue weighted by atomic mass is 32.1. The SMILES string of the molecule is Cc1ccc(N(CCC(=O)O)C(C)c2ccc(C)s2)cc1. The van der Waals surface area contributed by atoms with E-state index in [2.05, 4.69) is 62.1 Å². The second-order valence-corrected chi connectivity index (χ2v) is 6.62. The Morgan fingerprint density at radius 1 is 1.19 bits per heavy atom. The molecule has 0 aliphatic rings. The van der Waals surface area contributed by atoms with E-state index in [9.17, 15) is 4.79 Å². The standard InChI is InChI=1S/C17H21NO2S/c1-12-4-7-15(8-5-12)18(11-10-17(19)20)14(3)16-9-6-13(2)21-16/h4-9,14H,10-11H2,1-3H3,(H,19,20). The molecule has 21 heavy (non-hydrogen) atoms. The molecule has 0 amide bonds. The third kappa shape index (κ3) is 4.08. The van der Waals surface area contributed by atoms with Crippen LogP contribution in [0.25, 0.3) is 0 Å². The second kappa shape index (κ2) is 6.76. The van der Waals surface area contributed by atoms with Gasteiger partial charge in [0.1, 0.15) is 0 Å². The van der Waals surface area contributed by atoms with Crippen LogP contribution in [0.15, 0.2) is 36.4 Å². The van der Waals surface area contributed by atoms with Gasteiger partial charge in [-0.3, -0.25) is 4.79 Å². The zero-order valence-corrected chi connectivity index (χ0v) is 13.5. The van der Waals surface area contributed by atoms with Crippen LogP contribution in [0.2, 0.25) is 0 Å². The maximum atomic E-state index is 10.9. The predicted octanol–water partition coefficient (Wildman–Crippen LogP) is 4.41. The Balaban J connectivity index is 2.26. The number of benzene rings is 1. The van der Waals surface area contributed by atoms with Gasteiger partial charge < -0.3 is 10.0 Å². The van der Waals surface area contributed by atoms with Gasteiger partial charge in [-0.1, -0.05) is 17.7 Å². The lowest BCUT2D eigenvalue weighted by atomic mass is 10.1. The monoisotopic (exact) mass is 303 g/mol. The molecule has 0 bridgehead atoms. The van der Waals surface area contributed by atoms with E-state index in [1.165, 1.54) is 15.3 Å². The number of nitrogens with zero attached hydrogens (tertiary/aromatic N) is 1. The first-order chi connectivity index (χ1) is 9.97. The fraction of sp³-hybridized carbons (Fsp3) is 0.353. The number of anilines is 1. The van der Waals surface area contributed by atoms with Crippen LogP contribution < -0.4 is 4.90 Å². The van der Waals surface area contributed by atoms with Crippen molar-refractivity contribution in [3.8, 4) is 0 Å². The number of aliphatic carboxylic acids is 1. The van der Waals surface area contributed by atoms with Crippen LogP contribution in [0, 0.1) is 13.8 Å². The Kier molecular flexibility index (Phi) is 5.02. The maximum absolute atomic E-state index is 10.9. The van der Waals surface area contributed by atoms with Crippen molar-refractivity contribution in [3.05, 3.63) is 51.7 Å². The van der Waals surface area contributed by atoms with Crippen LogP contribution >= 0.6 is 11.3 Å². The first kappa shape index (κ1) is 15.6. The van der Waals surface area contributed by atoms with Crippen LogP contribution in [-0.2, 0) is 4.79 Å². The summed E-state index contributed by atoms with van der Waals surface area (Å²) in [6.45, 7) is 6.79. The number of carbonyl (C=O) groups is 1. The van der Waals surface area contributed by atoms with Crippen LogP contribution in [0.1, 0.15) is 34.7 Å². The highest BCUT2D eigenvalue weighted by Crippen LogP contribution is 2.31. The summed E-state index contributed by atoms with van der Waals surface area (Å²) in [5.74, 6) is -0.762. The van der Waals surface area contributed by atoms with Crippen molar-refractivity contribution in [3.63, 3.8) is 0 Å². The molecule has 0 fully saturated rings. The number of hydrogen-bond acceptors (Lipinski definition) is 3. The Morgan fingerprint density at radius 2 is 1.86 bits per heavy atom. The van der Waals surface area contributed by atoms with E-state index in [0.29, 0.717) is 6.54 Å². The largest absolute Gasteiger partial charge is 0.481 e. The Bertz CT molecular complexity index is 604. The molecule has 1 aromatic heterocycles. The van der Waals surface area contributed by atoms with E-state index in [0.717, 1.165) is 5.69 Å². The molecule has 2 aromatic rings. The van der Waals surface area contributed by atoms with E-state index in [1.54, 1.807) is 11.3 Å². The molecular formula is C17H21NO2S. The first-order valence-corrected chi connectivity index (χ1v) is 7.90. The van der Waals surface area contributed by atoms with Crippen molar-refractivity contribution < 1.29 is 9.90 Å². The van der Waals surface area contributed by atoms with Gasteiger partial charge in [0.15, 0.2) is 0 Å². The lowest BCUT2D eigenvalue weighted by molar-refractivity contribution is -0.136. The van der Waals surface area contributed by atoms with Crippen molar-refractivity contribution in [1.29, 1.82) is 0 Å². The van der Waals surface area contributed by atoms with Gasteiger partial charge >= 0.3 is 5.97 Å². The van der Waals surface area contributed by atoms with E-state index >= 15 is 0 Å². The number of aryl methyl sites for hydroxylation is 2. The number of rotatable bonds is 6. The van der Waals surface area contributed by atoms with Gasteiger partial charge in [0.2, 0.25) is 0 Å². The third-order valence-electron chi connectivity index (χ3n) is 3.57. The quantitative estimate of drug-likeness (QED) is 0.859. The van der Waals surface area contributed by atoms with Crippen molar-refractivity contribution in [2.45, 2.75) is 33.2 Å². The molecule has 3 nitrogen and oxygen atoms in total. The van der Waals surface area contributed by atoms with Gasteiger partial charge in [0.05, 0.1) is 12.5 Å². The molecule has 0 spiro atoms. The fourth-order valence-corrected chi connectivity index (χ4v) is 3.27. The van der Waals surface area contributed by atoms with Gasteiger partial charge in [0, 0.05) is 22.0 Å². The topological polar surface area (TPSA) is 40.5 Å². The summed E-state index contributed by atoms with van der Waals surface area (Å²) in [4.78, 5) is 15.6. The lowest BCUT2D eigenvalue weighted by Crippen LogP contribution is -2.28. The number of hydrogen-bond donors (Lipinski definition) is 1. The summed E-state index contributed by atoms with van der Waals surface area (Å²) in [7, 11) is 0. The minimum absolute atomic E-state index is 0.141. The maximum Gasteiger partial charge on any atom is 0.305 e. The van der Waals surface area contributed by atoms with E-state index in [4.69, 9.17) is 5.11 Å². The average molecular weight is 303 g/mol. The summed E-state index contributed by atoms with van der Waals surface area (Å²) in [6.07, 6.45) is 0.141. The van der Waals surface area contributed by atoms with Crippen molar-refractivity contribution in [2.24, 2.45) is 0 Å². The van der Waals surface area contributed by atoms with Crippen molar-refractivity contribution in [2.75, 3.05) is 11.4 Å². The number of thiophene rings is 1. The molecule has 0 aliphatic carbocycles. The van der Waals surface area contributed by atoms with E-state index < -0.39 is 5.97 Å². The van der Waals surface area contributed by atoms with Crippen LogP contribution in [0.5, 0.6) is 0 Å². The van der Waals surface area contributed by atoms with E-state index in [1.807, 2.05) is 0 Å².